The lowest BCUT2D eigenvalue weighted by Gasteiger charge is -2.07. The predicted molar refractivity (Wildman–Crippen MR) is 77.3 cm³/mol. The maximum absolute atomic E-state index is 11.5. The van der Waals surface area contributed by atoms with Gasteiger partial charge in [0.25, 0.3) is 14.2 Å². The van der Waals surface area contributed by atoms with Crippen LogP contribution in [0.1, 0.15) is 30.3 Å². The quantitative estimate of drug-likeness (QED) is 0.796. The van der Waals surface area contributed by atoms with Gasteiger partial charge in [0.2, 0.25) is 0 Å². The van der Waals surface area contributed by atoms with Crippen LogP contribution in [0.4, 0.5) is 0 Å². The van der Waals surface area contributed by atoms with Crippen LogP contribution in [0.5, 0.6) is 0 Å². The third kappa shape index (κ3) is 3.37. The highest BCUT2D eigenvalue weighted by atomic mass is 35.7. The molecule has 0 amide bonds. The Kier molecular flexibility index (Phi) is 4.45. The van der Waals surface area contributed by atoms with Gasteiger partial charge in [-0.1, -0.05) is 36.8 Å². The van der Waals surface area contributed by atoms with Crippen LogP contribution >= 0.6 is 10.7 Å². The molecule has 0 saturated heterocycles. The summed E-state index contributed by atoms with van der Waals surface area (Å²) in [5.41, 5.74) is 2.21. The number of benzene rings is 1. The topological polar surface area (TPSA) is 64.8 Å². The molecule has 0 aliphatic rings. The predicted octanol–water partition coefficient (Wildman–Crippen LogP) is 2.51. The third-order valence-corrected chi connectivity index (χ3v) is 4.06. The SMILES string of the molecule is CCCn1c(Cc2cccc(C)c2)nnc1S(=O)(=O)Cl. The van der Waals surface area contributed by atoms with Gasteiger partial charge in [0, 0.05) is 23.6 Å². The molecular weight excluding hydrogens is 298 g/mol. The molecule has 0 fully saturated rings. The molecule has 0 aliphatic carbocycles. The summed E-state index contributed by atoms with van der Waals surface area (Å²) in [5.74, 6) is 0.608. The van der Waals surface area contributed by atoms with Crippen molar-refractivity contribution in [1.82, 2.24) is 14.8 Å². The molecular formula is C13H16ClN3O2S. The van der Waals surface area contributed by atoms with Crippen molar-refractivity contribution in [2.24, 2.45) is 0 Å². The van der Waals surface area contributed by atoms with E-state index in [1.165, 1.54) is 0 Å². The molecule has 0 N–H and O–H groups in total. The van der Waals surface area contributed by atoms with Crippen LogP contribution in [0, 0.1) is 6.92 Å². The van der Waals surface area contributed by atoms with Crippen molar-refractivity contribution in [2.45, 2.75) is 38.4 Å². The van der Waals surface area contributed by atoms with Crippen molar-refractivity contribution in [3.63, 3.8) is 0 Å². The first-order valence-corrected chi connectivity index (χ1v) is 8.65. The zero-order valence-electron chi connectivity index (χ0n) is 11.4. The second-order valence-corrected chi connectivity index (χ2v) is 7.11. The van der Waals surface area contributed by atoms with E-state index in [0.29, 0.717) is 18.8 Å². The van der Waals surface area contributed by atoms with E-state index < -0.39 is 9.05 Å². The summed E-state index contributed by atoms with van der Waals surface area (Å²) in [6, 6.07) is 7.99. The van der Waals surface area contributed by atoms with Crippen molar-refractivity contribution < 1.29 is 8.42 Å². The van der Waals surface area contributed by atoms with Gasteiger partial charge in [-0.2, -0.15) is 0 Å². The first-order valence-electron chi connectivity index (χ1n) is 6.34. The molecule has 0 bridgehead atoms. The molecule has 0 unspecified atom stereocenters. The number of nitrogens with zero attached hydrogens (tertiary/aromatic N) is 3. The average Bonchev–Trinajstić information content (AvgIpc) is 2.73. The smallest absolute Gasteiger partial charge is 0.296 e. The lowest BCUT2D eigenvalue weighted by atomic mass is 10.1. The first-order chi connectivity index (χ1) is 9.41. The van der Waals surface area contributed by atoms with Gasteiger partial charge in [-0.15, -0.1) is 10.2 Å². The maximum Gasteiger partial charge on any atom is 0.296 e. The third-order valence-electron chi connectivity index (χ3n) is 2.90. The molecule has 1 aromatic carbocycles. The van der Waals surface area contributed by atoms with E-state index in [1.54, 1.807) is 4.57 Å². The van der Waals surface area contributed by atoms with E-state index in [4.69, 9.17) is 10.7 Å². The molecule has 0 saturated carbocycles. The molecule has 1 heterocycles. The largest absolute Gasteiger partial charge is 0.301 e. The van der Waals surface area contributed by atoms with E-state index in [1.807, 2.05) is 38.1 Å². The van der Waals surface area contributed by atoms with Crippen molar-refractivity contribution in [3.05, 3.63) is 41.2 Å². The number of aryl methyl sites for hydroxylation is 1. The number of rotatable bonds is 5. The zero-order chi connectivity index (χ0) is 14.8. The summed E-state index contributed by atoms with van der Waals surface area (Å²) >= 11 is 0. The van der Waals surface area contributed by atoms with Gasteiger partial charge in [-0.3, -0.25) is 0 Å². The Hall–Kier alpha value is -1.40. The van der Waals surface area contributed by atoms with Crippen molar-refractivity contribution in [2.75, 3.05) is 0 Å². The molecule has 7 heteroatoms. The van der Waals surface area contributed by atoms with Gasteiger partial charge in [0.15, 0.2) is 0 Å². The number of hydrogen-bond acceptors (Lipinski definition) is 4. The van der Waals surface area contributed by atoms with Crippen LogP contribution in [0.2, 0.25) is 0 Å². The van der Waals surface area contributed by atoms with Crippen LogP contribution < -0.4 is 0 Å². The number of aromatic nitrogens is 3. The molecule has 0 radical (unpaired) electrons. The summed E-state index contributed by atoms with van der Waals surface area (Å²) in [5, 5.41) is 7.52. The van der Waals surface area contributed by atoms with Crippen molar-refractivity contribution >= 4 is 19.7 Å². The highest BCUT2D eigenvalue weighted by Crippen LogP contribution is 2.17. The number of hydrogen-bond donors (Lipinski definition) is 0. The van der Waals surface area contributed by atoms with Gasteiger partial charge < -0.3 is 4.57 Å². The Bertz CT molecular complexity index is 710. The Labute approximate surface area is 123 Å². The Morgan fingerprint density at radius 2 is 2.05 bits per heavy atom. The summed E-state index contributed by atoms with van der Waals surface area (Å²) in [6.45, 7) is 4.49. The number of halogens is 1. The van der Waals surface area contributed by atoms with Crippen LogP contribution in [-0.2, 0) is 22.0 Å². The van der Waals surface area contributed by atoms with Crippen LogP contribution in [-0.4, -0.2) is 23.2 Å². The minimum Gasteiger partial charge on any atom is -0.301 e. The molecule has 1 aromatic heterocycles. The fourth-order valence-electron chi connectivity index (χ4n) is 2.08. The maximum atomic E-state index is 11.5. The van der Waals surface area contributed by atoms with Crippen LogP contribution in [0.25, 0.3) is 0 Å². The van der Waals surface area contributed by atoms with Gasteiger partial charge in [0.05, 0.1) is 0 Å². The molecule has 108 valence electrons. The standard InChI is InChI=1S/C13H16ClN3O2S/c1-3-7-17-12(15-16-13(17)20(14,18)19)9-11-6-4-5-10(2)8-11/h4-6,8H,3,7,9H2,1-2H3. The van der Waals surface area contributed by atoms with Gasteiger partial charge >= 0.3 is 0 Å². The van der Waals surface area contributed by atoms with Gasteiger partial charge in [-0.05, 0) is 18.9 Å². The average molecular weight is 314 g/mol. The minimum absolute atomic E-state index is 0.177. The van der Waals surface area contributed by atoms with E-state index >= 15 is 0 Å². The second-order valence-electron chi connectivity index (χ2n) is 4.65. The van der Waals surface area contributed by atoms with Crippen LogP contribution in [0.15, 0.2) is 29.4 Å². The molecule has 0 spiro atoms. The fraction of sp³-hybridized carbons (Fsp3) is 0.385. The van der Waals surface area contributed by atoms with Crippen molar-refractivity contribution in [1.29, 1.82) is 0 Å². The Morgan fingerprint density at radius 1 is 1.30 bits per heavy atom. The van der Waals surface area contributed by atoms with E-state index in [9.17, 15) is 8.42 Å². The molecule has 20 heavy (non-hydrogen) atoms. The zero-order valence-corrected chi connectivity index (χ0v) is 12.9. The highest BCUT2D eigenvalue weighted by Gasteiger charge is 2.22. The molecule has 0 aliphatic heterocycles. The molecule has 5 nitrogen and oxygen atoms in total. The fourth-order valence-corrected chi connectivity index (χ4v) is 3.02. The van der Waals surface area contributed by atoms with E-state index in [0.717, 1.165) is 17.5 Å². The van der Waals surface area contributed by atoms with Crippen LogP contribution in [0.3, 0.4) is 0 Å². The highest BCUT2D eigenvalue weighted by molar-refractivity contribution is 8.13. The van der Waals surface area contributed by atoms with Gasteiger partial charge in [-0.25, -0.2) is 8.42 Å². The van der Waals surface area contributed by atoms with Crippen molar-refractivity contribution in [3.8, 4) is 0 Å². The Balaban J connectivity index is 2.39. The first kappa shape index (κ1) is 15.0. The lowest BCUT2D eigenvalue weighted by molar-refractivity contribution is 0.558. The molecule has 0 atom stereocenters. The molecule has 2 rings (SSSR count). The summed E-state index contributed by atoms with van der Waals surface area (Å²) in [6.07, 6.45) is 1.30. The second kappa shape index (κ2) is 5.93. The summed E-state index contributed by atoms with van der Waals surface area (Å²) < 4.78 is 24.6. The summed E-state index contributed by atoms with van der Waals surface area (Å²) in [4.78, 5) is 0. The lowest BCUT2D eigenvalue weighted by Crippen LogP contribution is -2.10. The van der Waals surface area contributed by atoms with E-state index in [-0.39, 0.29) is 5.16 Å². The van der Waals surface area contributed by atoms with Gasteiger partial charge in [0.1, 0.15) is 5.82 Å². The molecule has 2 aromatic rings. The summed E-state index contributed by atoms with van der Waals surface area (Å²) in [7, 11) is 1.52. The normalized spacial score (nSPS) is 11.8. The Morgan fingerprint density at radius 3 is 2.65 bits per heavy atom. The monoisotopic (exact) mass is 313 g/mol. The minimum atomic E-state index is -3.87. The van der Waals surface area contributed by atoms with E-state index in [2.05, 4.69) is 10.2 Å².